The number of hydrogen-bond donors (Lipinski definition) is 1. The number of aliphatic carboxylic acids is 1. The Labute approximate surface area is 89.1 Å². The second kappa shape index (κ2) is 3.88. The van der Waals surface area contributed by atoms with E-state index in [0.29, 0.717) is 5.56 Å². The molecule has 0 unspecified atom stereocenters. The van der Waals surface area contributed by atoms with Crippen LogP contribution in [0.3, 0.4) is 0 Å². The summed E-state index contributed by atoms with van der Waals surface area (Å²) < 4.78 is 25.6. The first kappa shape index (κ1) is 10.5. The predicted molar refractivity (Wildman–Crippen MR) is 49.9 cm³/mol. The minimum Gasteiger partial charge on any atom is -0.477 e. The van der Waals surface area contributed by atoms with Gasteiger partial charge in [0.15, 0.2) is 23.5 Å². The van der Waals surface area contributed by atoms with Crippen LogP contribution in [0.15, 0.2) is 23.4 Å². The molecule has 0 aromatic heterocycles. The van der Waals surface area contributed by atoms with Crippen LogP contribution in [0, 0.1) is 11.6 Å². The van der Waals surface area contributed by atoms with Crippen molar-refractivity contribution < 1.29 is 23.5 Å². The summed E-state index contributed by atoms with van der Waals surface area (Å²) in [5.41, 5.74) is 0.230. The summed E-state index contributed by atoms with van der Waals surface area (Å²) in [6.07, 6.45) is -0.623. The summed E-state index contributed by atoms with van der Waals surface area (Å²) in [7, 11) is 0. The fourth-order valence-corrected chi connectivity index (χ4v) is 1.40. The molecule has 1 aromatic rings. The van der Waals surface area contributed by atoms with Crippen molar-refractivity contribution in [3.63, 3.8) is 0 Å². The highest BCUT2D eigenvalue weighted by atomic mass is 19.2. The largest absolute Gasteiger partial charge is 0.477 e. The third-order valence-electron chi connectivity index (χ3n) is 2.23. The average molecular weight is 227 g/mol. The number of hydrogen-bond acceptors (Lipinski definition) is 3. The van der Waals surface area contributed by atoms with Gasteiger partial charge >= 0.3 is 5.97 Å². The highest BCUT2D eigenvalue weighted by molar-refractivity contribution is 6.35. The lowest BCUT2D eigenvalue weighted by Gasteiger charge is -2.07. The van der Waals surface area contributed by atoms with Gasteiger partial charge in [0, 0.05) is 6.42 Å². The van der Waals surface area contributed by atoms with Crippen LogP contribution >= 0.6 is 0 Å². The summed E-state index contributed by atoms with van der Waals surface area (Å²) in [6.45, 7) is 0. The fraction of sp³-hybridized carbons (Fsp3) is 0.200. The molecule has 0 saturated carbocycles. The lowest BCUT2D eigenvalue weighted by atomic mass is 10.0. The number of halogens is 2. The van der Waals surface area contributed by atoms with Gasteiger partial charge in [-0.25, -0.2) is 13.6 Å². The second-order valence-electron chi connectivity index (χ2n) is 3.31. The summed E-state index contributed by atoms with van der Waals surface area (Å²) >= 11 is 0. The molecule has 0 amide bonds. The smallest absolute Gasteiger partial charge is 0.353 e. The quantitative estimate of drug-likeness (QED) is 0.838. The van der Waals surface area contributed by atoms with E-state index < -0.39 is 23.7 Å². The van der Waals surface area contributed by atoms with E-state index in [1.807, 2.05) is 0 Å². The number of carboxylic acid groups (broad SMARTS) is 1. The topological polar surface area (TPSA) is 58.9 Å². The van der Waals surface area contributed by atoms with Gasteiger partial charge < -0.3 is 9.94 Å². The van der Waals surface area contributed by atoms with Gasteiger partial charge in [-0.1, -0.05) is 11.2 Å². The highest BCUT2D eigenvalue weighted by Gasteiger charge is 2.27. The molecule has 1 aliphatic rings. The molecule has 2 rings (SSSR count). The van der Waals surface area contributed by atoms with Gasteiger partial charge in [0.2, 0.25) is 0 Å². The standard InChI is InChI=1S/C10H7F2NO3/c11-6-2-1-5(3-7(6)12)9-4-8(10(14)15)13-16-9/h1-3,9H,4H2,(H,14,15)/t9-/m0/s1. The van der Waals surface area contributed by atoms with Crippen molar-refractivity contribution in [3.05, 3.63) is 35.4 Å². The van der Waals surface area contributed by atoms with Gasteiger partial charge in [-0.2, -0.15) is 0 Å². The molecule has 16 heavy (non-hydrogen) atoms. The molecule has 0 saturated heterocycles. The van der Waals surface area contributed by atoms with E-state index in [9.17, 15) is 13.6 Å². The second-order valence-corrected chi connectivity index (χ2v) is 3.31. The van der Waals surface area contributed by atoms with Crippen LogP contribution in [0.4, 0.5) is 8.78 Å². The first-order valence-electron chi connectivity index (χ1n) is 4.49. The zero-order valence-electron chi connectivity index (χ0n) is 7.98. The van der Waals surface area contributed by atoms with Crippen LogP contribution in [-0.4, -0.2) is 16.8 Å². The van der Waals surface area contributed by atoms with Crippen LogP contribution in [0.5, 0.6) is 0 Å². The monoisotopic (exact) mass is 227 g/mol. The van der Waals surface area contributed by atoms with E-state index in [4.69, 9.17) is 9.94 Å². The van der Waals surface area contributed by atoms with Crippen molar-refractivity contribution in [1.29, 1.82) is 0 Å². The number of carboxylic acids is 1. The van der Waals surface area contributed by atoms with Crippen molar-refractivity contribution >= 4 is 11.7 Å². The van der Waals surface area contributed by atoms with E-state index in [2.05, 4.69) is 5.16 Å². The first-order valence-corrected chi connectivity index (χ1v) is 4.49. The van der Waals surface area contributed by atoms with Gasteiger partial charge in [-0.05, 0) is 17.7 Å². The predicted octanol–water partition coefficient (Wildman–Crippen LogP) is 1.87. The zero-order valence-corrected chi connectivity index (χ0v) is 7.98. The molecule has 4 nitrogen and oxygen atoms in total. The Bertz CT molecular complexity index is 473. The van der Waals surface area contributed by atoms with Crippen LogP contribution in [0.25, 0.3) is 0 Å². The maximum Gasteiger partial charge on any atom is 0.353 e. The number of benzene rings is 1. The van der Waals surface area contributed by atoms with Crippen LogP contribution < -0.4 is 0 Å². The molecule has 1 aliphatic heterocycles. The molecule has 1 aromatic carbocycles. The molecule has 0 bridgehead atoms. The molecule has 1 heterocycles. The van der Waals surface area contributed by atoms with E-state index in [-0.39, 0.29) is 12.1 Å². The third kappa shape index (κ3) is 1.86. The molecule has 0 aliphatic carbocycles. The normalized spacial score (nSPS) is 19.1. The highest BCUT2D eigenvalue weighted by Crippen LogP contribution is 2.28. The Kier molecular flexibility index (Phi) is 2.55. The van der Waals surface area contributed by atoms with Crippen molar-refractivity contribution in [3.8, 4) is 0 Å². The van der Waals surface area contributed by atoms with Gasteiger partial charge in [0.05, 0.1) is 0 Å². The van der Waals surface area contributed by atoms with Crippen molar-refractivity contribution in [2.24, 2.45) is 5.16 Å². The van der Waals surface area contributed by atoms with E-state index in [1.165, 1.54) is 6.07 Å². The Morgan fingerprint density at radius 2 is 2.19 bits per heavy atom. The number of carbonyl (C=O) groups is 1. The molecule has 1 atom stereocenters. The third-order valence-corrected chi connectivity index (χ3v) is 2.23. The average Bonchev–Trinajstić information content (AvgIpc) is 2.71. The summed E-state index contributed by atoms with van der Waals surface area (Å²) in [5.74, 6) is -3.13. The Morgan fingerprint density at radius 3 is 2.75 bits per heavy atom. The summed E-state index contributed by atoms with van der Waals surface area (Å²) in [6, 6.07) is 3.27. The summed E-state index contributed by atoms with van der Waals surface area (Å²) in [4.78, 5) is 15.4. The molecule has 0 spiro atoms. The first-order chi connectivity index (χ1) is 7.58. The minimum absolute atomic E-state index is 0.0421. The molecule has 1 N–H and O–H groups in total. The van der Waals surface area contributed by atoms with Crippen molar-refractivity contribution in [2.75, 3.05) is 0 Å². The number of rotatable bonds is 2. The Hall–Kier alpha value is -1.98. The molecular formula is C10H7F2NO3. The van der Waals surface area contributed by atoms with Gasteiger partial charge in [0.25, 0.3) is 0 Å². The maximum absolute atomic E-state index is 12.9. The SMILES string of the molecule is O=C(O)C1=NO[C@H](c2ccc(F)c(F)c2)C1. The number of nitrogens with zero attached hydrogens (tertiary/aromatic N) is 1. The molecule has 84 valence electrons. The summed E-state index contributed by atoms with van der Waals surface area (Å²) in [5, 5.41) is 12.0. The minimum atomic E-state index is -1.18. The van der Waals surface area contributed by atoms with E-state index in [0.717, 1.165) is 12.1 Å². The molecule has 0 radical (unpaired) electrons. The lowest BCUT2D eigenvalue weighted by Crippen LogP contribution is -2.11. The van der Waals surface area contributed by atoms with Crippen molar-refractivity contribution in [1.82, 2.24) is 0 Å². The van der Waals surface area contributed by atoms with Gasteiger partial charge in [-0.3, -0.25) is 0 Å². The zero-order chi connectivity index (χ0) is 11.7. The molecular weight excluding hydrogens is 220 g/mol. The van der Waals surface area contributed by atoms with Gasteiger partial charge in [-0.15, -0.1) is 0 Å². The number of oxime groups is 1. The maximum atomic E-state index is 12.9. The Balaban J connectivity index is 2.16. The van der Waals surface area contributed by atoms with Crippen LogP contribution in [0.1, 0.15) is 18.1 Å². The lowest BCUT2D eigenvalue weighted by molar-refractivity contribution is -0.129. The Morgan fingerprint density at radius 1 is 1.44 bits per heavy atom. The van der Waals surface area contributed by atoms with Gasteiger partial charge in [0.1, 0.15) is 0 Å². The van der Waals surface area contributed by atoms with Crippen LogP contribution in [-0.2, 0) is 9.63 Å². The fourth-order valence-electron chi connectivity index (χ4n) is 1.40. The molecule has 0 fully saturated rings. The van der Waals surface area contributed by atoms with Crippen molar-refractivity contribution in [2.45, 2.75) is 12.5 Å². The molecule has 6 heteroatoms. The van der Waals surface area contributed by atoms with E-state index >= 15 is 0 Å². The van der Waals surface area contributed by atoms with Crippen LogP contribution in [0.2, 0.25) is 0 Å². The van der Waals surface area contributed by atoms with E-state index in [1.54, 1.807) is 0 Å².